The average molecular weight is 491 g/mol. The van der Waals surface area contributed by atoms with Gasteiger partial charge in [0.2, 0.25) is 5.95 Å². The number of nitrogens with one attached hydrogen (secondary N) is 1. The van der Waals surface area contributed by atoms with Crippen molar-refractivity contribution in [3.63, 3.8) is 0 Å². The Balaban J connectivity index is 0.00000136. The number of ketones is 1. The summed E-state index contributed by atoms with van der Waals surface area (Å²) < 4.78 is 15.6. The zero-order valence-corrected chi connectivity index (χ0v) is 21.1. The molecule has 1 N–H and O–H groups in total. The van der Waals surface area contributed by atoms with Crippen molar-refractivity contribution < 1.29 is 28.0 Å². The minimum Gasteiger partial charge on any atom is -0.358 e. The zero-order chi connectivity index (χ0) is 21.7. The third-order valence-corrected chi connectivity index (χ3v) is 7.73. The number of aromatic amines is 1. The number of benzene rings is 2. The molecule has 0 amide bonds. The summed E-state index contributed by atoms with van der Waals surface area (Å²) in [6, 6.07) is 11.2. The van der Waals surface area contributed by atoms with Crippen LogP contribution in [0.1, 0.15) is 16.1 Å². The average Bonchev–Trinajstić information content (AvgIpc) is 3.35. The van der Waals surface area contributed by atoms with Crippen LogP contribution in [-0.4, -0.2) is 37.4 Å². The molecule has 3 heterocycles. The van der Waals surface area contributed by atoms with E-state index in [4.69, 9.17) is 11.6 Å². The van der Waals surface area contributed by atoms with E-state index in [0.29, 0.717) is 40.6 Å². The molecular formula is C25H25ClFLiN4OS-2. The van der Waals surface area contributed by atoms with Crippen molar-refractivity contribution in [1.29, 1.82) is 0 Å². The Hall–Kier alpha value is -2.17. The Morgan fingerprint density at radius 2 is 2.06 bits per heavy atom. The van der Waals surface area contributed by atoms with Gasteiger partial charge in [0.25, 0.3) is 0 Å². The van der Waals surface area contributed by atoms with Crippen LogP contribution in [0, 0.1) is 33.6 Å². The number of Topliss-reactive ketones (excluding diaryl/α,β-unsaturated/α-hetero) is 1. The van der Waals surface area contributed by atoms with Gasteiger partial charge >= 0.3 is 18.9 Å². The first kappa shape index (κ1) is 28.1. The van der Waals surface area contributed by atoms with E-state index in [2.05, 4.69) is 28.1 Å². The Morgan fingerprint density at radius 3 is 2.74 bits per heavy atom. The van der Waals surface area contributed by atoms with Crippen molar-refractivity contribution in [2.45, 2.75) is 17.9 Å². The Bertz CT molecular complexity index is 1370. The van der Waals surface area contributed by atoms with E-state index in [1.54, 1.807) is 10.7 Å². The van der Waals surface area contributed by atoms with E-state index in [0.717, 1.165) is 16.5 Å². The van der Waals surface area contributed by atoms with Gasteiger partial charge in [-0.25, -0.2) is 0 Å². The standard InChI is InChI=1S/C23H19ClFN4OS.2CH3.Li/c1-3-29-19-10-13(18-11-26-27-23(18)25)4-6-17(19)21(28-29)22(30)15-8-14-9-16(24)5-7-20(14)31(2)12-15;;;/h4-7,9-11,15H,1-3,8,12H2,(H,26,27);2*1H3;/q3*-1;+1. The predicted octanol–water partition coefficient (Wildman–Crippen LogP) is 3.07. The van der Waals surface area contributed by atoms with Gasteiger partial charge in [0.05, 0.1) is 17.3 Å². The fraction of sp³-hybridized carbons (Fsp3) is 0.160. The van der Waals surface area contributed by atoms with Crippen LogP contribution in [0.15, 0.2) is 47.5 Å². The van der Waals surface area contributed by atoms with Crippen molar-refractivity contribution in [3.8, 4) is 11.1 Å². The molecule has 9 heteroatoms. The number of aromatic nitrogens is 4. The Morgan fingerprint density at radius 1 is 1.29 bits per heavy atom. The number of rotatable bonds is 4. The number of hydrogen-bond acceptors (Lipinski definition) is 3. The van der Waals surface area contributed by atoms with Crippen LogP contribution in [-0.2, 0) is 13.0 Å². The third-order valence-electron chi connectivity index (χ3n) is 5.67. The molecule has 2 atom stereocenters. The van der Waals surface area contributed by atoms with Crippen LogP contribution in [0.2, 0.25) is 5.02 Å². The molecule has 34 heavy (non-hydrogen) atoms. The first-order chi connectivity index (χ1) is 15.0. The van der Waals surface area contributed by atoms with Crippen molar-refractivity contribution in [1.82, 2.24) is 20.0 Å². The molecule has 0 saturated carbocycles. The first-order valence-corrected chi connectivity index (χ1v) is 11.7. The topological polar surface area (TPSA) is 63.6 Å². The van der Waals surface area contributed by atoms with Crippen molar-refractivity contribution in [3.05, 3.63) is 86.6 Å². The minimum atomic E-state index is -0.502. The number of hydrogen-bond donors (Lipinski definition) is 1. The second-order valence-electron chi connectivity index (χ2n) is 7.58. The molecule has 2 unspecified atom stereocenters. The number of nitrogens with zero attached hydrogens (tertiary/aromatic N) is 3. The fourth-order valence-corrected chi connectivity index (χ4v) is 6.08. The van der Waals surface area contributed by atoms with E-state index < -0.39 is 5.95 Å². The quantitative estimate of drug-likeness (QED) is 0.207. The summed E-state index contributed by atoms with van der Waals surface area (Å²) >= 11 is 6.18. The van der Waals surface area contributed by atoms with Gasteiger partial charge in [-0.05, 0) is 47.9 Å². The van der Waals surface area contributed by atoms with Gasteiger partial charge in [-0.15, -0.1) is 0 Å². The van der Waals surface area contributed by atoms with Crippen LogP contribution < -0.4 is 18.9 Å². The van der Waals surface area contributed by atoms with Gasteiger partial charge in [-0.2, -0.15) is 25.1 Å². The maximum absolute atomic E-state index is 14.0. The number of fused-ring (bicyclic) bond motifs is 2. The molecule has 2 aromatic carbocycles. The molecule has 5 nitrogen and oxygen atoms in total. The maximum Gasteiger partial charge on any atom is 1.00 e. The number of carbonyl (C=O) groups excluding carboxylic acids is 1. The van der Waals surface area contributed by atoms with Gasteiger partial charge in [-0.3, -0.25) is 14.6 Å². The SMILES string of the molecule is C=S1CC(C(=O)c2nn(C[CH2-])c3cc(-c4cn[nH]c4F)ccc23)Cc2cc(Cl)ccc21.[CH3-].[CH3-].[Li+]. The van der Waals surface area contributed by atoms with Gasteiger partial charge in [0.1, 0.15) is 5.69 Å². The summed E-state index contributed by atoms with van der Waals surface area (Å²) in [5.74, 6) is 4.24. The molecule has 0 saturated heterocycles. The van der Waals surface area contributed by atoms with Gasteiger partial charge < -0.3 is 21.8 Å². The van der Waals surface area contributed by atoms with Crippen LogP contribution >= 0.6 is 22.1 Å². The van der Waals surface area contributed by atoms with Crippen molar-refractivity contribution >= 4 is 44.6 Å². The third kappa shape index (κ3) is 4.80. The van der Waals surface area contributed by atoms with E-state index >= 15 is 0 Å². The van der Waals surface area contributed by atoms with Crippen LogP contribution in [0.5, 0.6) is 0 Å². The first-order valence-electron chi connectivity index (χ1n) is 9.78. The molecule has 174 valence electrons. The summed E-state index contributed by atoms with van der Waals surface area (Å²) in [6.07, 6.45) is 2.05. The van der Waals surface area contributed by atoms with Crippen LogP contribution in [0.4, 0.5) is 4.39 Å². The molecule has 2 aromatic heterocycles. The van der Waals surface area contributed by atoms with E-state index in [9.17, 15) is 9.18 Å². The zero-order valence-electron chi connectivity index (χ0n) is 19.6. The van der Waals surface area contributed by atoms with E-state index in [1.807, 2.05) is 30.3 Å². The van der Waals surface area contributed by atoms with E-state index in [-0.39, 0.29) is 55.9 Å². The summed E-state index contributed by atoms with van der Waals surface area (Å²) in [5, 5.41) is 12.0. The molecule has 1 aliphatic heterocycles. The molecule has 5 rings (SSSR count). The molecular weight excluding hydrogens is 466 g/mol. The Labute approximate surface area is 219 Å². The van der Waals surface area contributed by atoms with Gasteiger partial charge in [-0.1, -0.05) is 30.1 Å². The molecule has 0 bridgehead atoms. The monoisotopic (exact) mass is 490 g/mol. The van der Waals surface area contributed by atoms with E-state index in [1.165, 1.54) is 11.1 Å². The van der Waals surface area contributed by atoms with Crippen molar-refractivity contribution in [2.24, 2.45) is 5.92 Å². The number of carbonyl (C=O) groups is 1. The molecule has 0 fully saturated rings. The minimum absolute atomic E-state index is 0. The Kier molecular flexibility index (Phi) is 9.12. The second kappa shape index (κ2) is 11.0. The van der Waals surface area contributed by atoms with Gasteiger partial charge in [0, 0.05) is 27.0 Å². The summed E-state index contributed by atoms with van der Waals surface area (Å²) in [7, 11) is -0.282. The largest absolute Gasteiger partial charge is 1.00 e. The summed E-state index contributed by atoms with van der Waals surface area (Å²) in [5.41, 5.74) is 3.27. The fourth-order valence-electron chi connectivity index (χ4n) is 4.17. The molecule has 1 aliphatic rings. The number of H-pyrrole nitrogens is 1. The maximum atomic E-state index is 14.0. The van der Waals surface area contributed by atoms with Crippen molar-refractivity contribution in [2.75, 3.05) is 5.75 Å². The smallest absolute Gasteiger partial charge is 0.358 e. The molecule has 4 aromatic rings. The van der Waals surface area contributed by atoms with Crippen LogP contribution in [0.25, 0.3) is 22.0 Å². The normalized spacial score (nSPS) is 16.7. The molecule has 0 radical (unpaired) electrons. The summed E-state index contributed by atoms with van der Waals surface area (Å²) in [4.78, 5) is 14.7. The molecule has 0 spiro atoms. The summed E-state index contributed by atoms with van der Waals surface area (Å²) in [6.45, 7) is 4.28. The second-order valence-corrected chi connectivity index (χ2v) is 9.77. The predicted molar refractivity (Wildman–Crippen MR) is 136 cm³/mol. The number of halogens is 2. The van der Waals surface area contributed by atoms with Gasteiger partial charge in [0.15, 0.2) is 5.78 Å². The molecule has 0 aliphatic carbocycles. The van der Waals surface area contributed by atoms with Crippen LogP contribution in [0.3, 0.4) is 0 Å².